The SMILES string of the molecule is C=CC(=O)OCCOc1cc(OC)c(OC)c2ccccc12. The smallest absolute Gasteiger partial charge is 0.330 e. The minimum atomic E-state index is -0.472. The zero-order valence-electron chi connectivity index (χ0n) is 12.6. The van der Waals surface area contributed by atoms with Gasteiger partial charge < -0.3 is 18.9 Å². The molecule has 0 aliphatic carbocycles. The summed E-state index contributed by atoms with van der Waals surface area (Å²) in [6, 6.07) is 9.46. The molecule has 0 atom stereocenters. The molecule has 22 heavy (non-hydrogen) atoms. The lowest BCUT2D eigenvalue weighted by molar-refractivity contribution is -0.138. The number of hydrogen-bond acceptors (Lipinski definition) is 5. The molecule has 0 N–H and O–H groups in total. The number of rotatable bonds is 7. The average molecular weight is 302 g/mol. The monoisotopic (exact) mass is 302 g/mol. The molecule has 0 aliphatic heterocycles. The Bertz CT molecular complexity index is 678. The molecule has 0 aromatic heterocycles. The van der Waals surface area contributed by atoms with Crippen molar-refractivity contribution in [3.05, 3.63) is 43.0 Å². The fourth-order valence-electron chi connectivity index (χ4n) is 2.13. The molecular weight excluding hydrogens is 284 g/mol. The highest BCUT2D eigenvalue weighted by Gasteiger charge is 2.14. The Balaban J connectivity index is 2.25. The highest BCUT2D eigenvalue weighted by atomic mass is 16.6. The molecule has 0 bridgehead atoms. The van der Waals surface area contributed by atoms with E-state index >= 15 is 0 Å². The van der Waals surface area contributed by atoms with Crippen LogP contribution in [-0.4, -0.2) is 33.4 Å². The van der Waals surface area contributed by atoms with Crippen molar-refractivity contribution in [1.29, 1.82) is 0 Å². The van der Waals surface area contributed by atoms with Gasteiger partial charge in [-0.2, -0.15) is 0 Å². The number of ether oxygens (including phenoxy) is 4. The third kappa shape index (κ3) is 3.31. The van der Waals surface area contributed by atoms with Gasteiger partial charge in [0.15, 0.2) is 11.5 Å². The Labute approximate surface area is 129 Å². The second-order valence-electron chi connectivity index (χ2n) is 4.38. The van der Waals surface area contributed by atoms with Crippen LogP contribution in [0.25, 0.3) is 10.8 Å². The first kappa shape index (κ1) is 15.7. The second-order valence-corrected chi connectivity index (χ2v) is 4.38. The van der Waals surface area contributed by atoms with Gasteiger partial charge in [-0.05, 0) is 0 Å². The number of benzene rings is 2. The Hall–Kier alpha value is -2.69. The minimum Gasteiger partial charge on any atom is -0.493 e. The van der Waals surface area contributed by atoms with Crippen molar-refractivity contribution in [2.75, 3.05) is 27.4 Å². The normalized spacial score (nSPS) is 10.1. The Kier molecular flexibility index (Phi) is 5.25. The lowest BCUT2D eigenvalue weighted by Crippen LogP contribution is -2.10. The summed E-state index contributed by atoms with van der Waals surface area (Å²) in [5, 5.41) is 1.79. The summed E-state index contributed by atoms with van der Waals surface area (Å²) < 4.78 is 21.4. The molecule has 0 fully saturated rings. The molecule has 0 spiro atoms. The Morgan fingerprint density at radius 1 is 1.09 bits per heavy atom. The van der Waals surface area contributed by atoms with Gasteiger partial charge >= 0.3 is 5.97 Å². The maximum Gasteiger partial charge on any atom is 0.330 e. The number of carbonyl (C=O) groups excluding carboxylic acids is 1. The van der Waals surface area contributed by atoms with Crippen molar-refractivity contribution < 1.29 is 23.7 Å². The minimum absolute atomic E-state index is 0.146. The van der Waals surface area contributed by atoms with E-state index < -0.39 is 5.97 Å². The quantitative estimate of drug-likeness (QED) is 0.447. The summed E-state index contributed by atoms with van der Waals surface area (Å²) >= 11 is 0. The third-order valence-electron chi connectivity index (χ3n) is 3.10. The highest BCUT2D eigenvalue weighted by molar-refractivity contribution is 5.95. The van der Waals surface area contributed by atoms with E-state index in [-0.39, 0.29) is 13.2 Å². The van der Waals surface area contributed by atoms with E-state index in [1.807, 2.05) is 24.3 Å². The van der Waals surface area contributed by atoms with Crippen molar-refractivity contribution in [3.63, 3.8) is 0 Å². The van der Waals surface area contributed by atoms with Gasteiger partial charge in [-0.25, -0.2) is 4.79 Å². The van der Waals surface area contributed by atoms with E-state index in [2.05, 4.69) is 6.58 Å². The maximum absolute atomic E-state index is 11.0. The molecular formula is C17H18O5. The molecule has 0 saturated heterocycles. The summed E-state index contributed by atoms with van der Waals surface area (Å²) in [7, 11) is 3.17. The zero-order chi connectivity index (χ0) is 15.9. The third-order valence-corrected chi connectivity index (χ3v) is 3.10. The van der Waals surface area contributed by atoms with Crippen LogP contribution in [0.3, 0.4) is 0 Å². The number of hydrogen-bond donors (Lipinski definition) is 0. The number of fused-ring (bicyclic) bond motifs is 1. The van der Waals surface area contributed by atoms with Crippen molar-refractivity contribution in [1.82, 2.24) is 0 Å². The molecule has 0 aliphatic rings. The molecule has 0 unspecified atom stereocenters. The van der Waals surface area contributed by atoms with E-state index in [1.54, 1.807) is 20.3 Å². The van der Waals surface area contributed by atoms with Crippen LogP contribution < -0.4 is 14.2 Å². The second kappa shape index (κ2) is 7.36. The van der Waals surface area contributed by atoms with Crippen molar-refractivity contribution in [2.24, 2.45) is 0 Å². The maximum atomic E-state index is 11.0. The van der Waals surface area contributed by atoms with Crippen LogP contribution in [0.15, 0.2) is 43.0 Å². The van der Waals surface area contributed by atoms with Gasteiger partial charge in [-0.3, -0.25) is 0 Å². The fourth-order valence-corrected chi connectivity index (χ4v) is 2.13. The standard InChI is InChI=1S/C17H18O5/c1-4-16(18)22-10-9-21-14-11-15(19-2)17(20-3)13-8-6-5-7-12(13)14/h4-8,11H,1,9-10H2,2-3H3. The van der Waals surface area contributed by atoms with Crippen LogP contribution >= 0.6 is 0 Å². The van der Waals surface area contributed by atoms with Gasteiger partial charge in [-0.15, -0.1) is 0 Å². The van der Waals surface area contributed by atoms with E-state index in [0.29, 0.717) is 17.2 Å². The fraction of sp³-hybridized carbons (Fsp3) is 0.235. The number of methoxy groups -OCH3 is 2. The predicted octanol–water partition coefficient (Wildman–Crippen LogP) is 2.97. The van der Waals surface area contributed by atoms with Crippen LogP contribution in [-0.2, 0) is 9.53 Å². The first-order valence-corrected chi connectivity index (χ1v) is 6.77. The van der Waals surface area contributed by atoms with Crippen LogP contribution in [0.2, 0.25) is 0 Å². The van der Waals surface area contributed by atoms with Crippen LogP contribution in [0, 0.1) is 0 Å². The van der Waals surface area contributed by atoms with E-state index in [4.69, 9.17) is 18.9 Å². The number of carbonyl (C=O) groups is 1. The lowest BCUT2D eigenvalue weighted by atomic mass is 10.1. The summed E-state index contributed by atoms with van der Waals surface area (Å²) in [5.74, 6) is 1.41. The summed E-state index contributed by atoms with van der Waals surface area (Å²) in [6.07, 6.45) is 1.12. The topological polar surface area (TPSA) is 54.0 Å². The molecule has 5 heteroatoms. The Morgan fingerprint density at radius 2 is 1.82 bits per heavy atom. The lowest BCUT2D eigenvalue weighted by Gasteiger charge is -2.15. The van der Waals surface area contributed by atoms with E-state index in [9.17, 15) is 4.79 Å². The summed E-state index contributed by atoms with van der Waals surface area (Å²) in [5.41, 5.74) is 0. The van der Waals surface area contributed by atoms with Crippen molar-refractivity contribution in [2.45, 2.75) is 0 Å². The van der Waals surface area contributed by atoms with Crippen LogP contribution in [0.1, 0.15) is 0 Å². The van der Waals surface area contributed by atoms with Crippen LogP contribution in [0.4, 0.5) is 0 Å². The van der Waals surface area contributed by atoms with Gasteiger partial charge in [0.1, 0.15) is 19.0 Å². The summed E-state index contributed by atoms with van der Waals surface area (Å²) in [4.78, 5) is 11.0. The van der Waals surface area contributed by atoms with Gasteiger partial charge in [-0.1, -0.05) is 30.8 Å². The van der Waals surface area contributed by atoms with E-state index in [1.165, 1.54) is 0 Å². The summed E-state index contributed by atoms with van der Waals surface area (Å²) in [6.45, 7) is 3.72. The molecule has 2 aromatic rings. The highest BCUT2D eigenvalue weighted by Crippen LogP contribution is 2.41. The van der Waals surface area contributed by atoms with E-state index in [0.717, 1.165) is 16.8 Å². The molecule has 2 aromatic carbocycles. The van der Waals surface area contributed by atoms with Crippen molar-refractivity contribution in [3.8, 4) is 17.2 Å². The predicted molar refractivity (Wildman–Crippen MR) is 83.7 cm³/mol. The number of esters is 1. The largest absolute Gasteiger partial charge is 0.493 e. The van der Waals surface area contributed by atoms with Crippen LogP contribution in [0.5, 0.6) is 17.2 Å². The first-order chi connectivity index (χ1) is 10.7. The zero-order valence-corrected chi connectivity index (χ0v) is 12.6. The average Bonchev–Trinajstić information content (AvgIpc) is 2.57. The molecule has 0 radical (unpaired) electrons. The van der Waals surface area contributed by atoms with Gasteiger partial charge in [0, 0.05) is 22.9 Å². The molecule has 0 heterocycles. The van der Waals surface area contributed by atoms with Gasteiger partial charge in [0.25, 0.3) is 0 Å². The molecule has 5 nitrogen and oxygen atoms in total. The Morgan fingerprint density at radius 3 is 2.45 bits per heavy atom. The molecule has 0 amide bonds. The molecule has 0 saturated carbocycles. The molecule has 2 rings (SSSR count). The van der Waals surface area contributed by atoms with Gasteiger partial charge in [0.2, 0.25) is 0 Å². The first-order valence-electron chi connectivity index (χ1n) is 6.77. The van der Waals surface area contributed by atoms with Crippen molar-refractivity contribution >= 4 is 16.7 Å². The molecule has 116 valence electrons. The van der Waals surface area contributed by atoms with Gasteiger partial charge in [0.05, 0.1) is 14.2 Å².